The third-order valence-corrected chi connectivity index (χ3v) is 4.01. The van der Waals surface area contributed by atoms with E-state index < -0.39 is 0 Å². The predicted octanol–water partition coefficient (Wildman–Crippen LogP) is 1.95. The molecule has 4 heteroatoms. The number of hydrogen-bond acceptors (Lipinski definition) is 3. The highest BCUT2D eigenvalue weighted by molar-refractivity contribution is 4.97. The summed E-state index contributed by atoms with van der Waals surface area (Å²) < 4.78 is 8.09. The average molecular weight is 249 g/mol. The third-order valence-electron chi connectivity index (χ3n) is 4.01. The molecule has 2 fully saturated rings. The Balaban J connectivity index is 1.55. The Bertz CT molecular complexity index is 386. The first kappa shape index (κ1) is 12.2. The van der Waals surface area contributed by atoms with Gasteiger partial charge in [-0.1, -0.05) is 6.92 Å². The number of ether oxygens (including phenoxy) is 1. The standard InChI is InChI=1S/C14H23N3O/c1-2-7-17-8-6-15-13(17)10-16-12-5-9-18-14(12)11-3-4-11/h6,8,11-12,14,16H,2-5,7,9-10H2,1H3. The Kier molecular flexibility index (Phi) is 3.66. The monoisotopic (exact) mass is 249 g/mol. The molecule has 1 saturated carbocycles. The van der Waals surface area contributed by atoms with Gasteiger partial charge in [-0.15, -0.1) is 0 Å². The maximum atomic E-state index is 5.85. The summed E-state index contributed by atoms with van der Waals surface area (Å²) in [5.74, 6) is 1.97. The van der Waals surface area contributed by atoms with Gasteiger partial charge in [-0.05, 0) is 31.6 Å². The molecule has 2 unspecified atom stereocenters. The number of nitrogens with zero attached hydrogens (tertiary/aromatic N) is 2. The zero-order chi connectivity index (χ0) is 12.4. The van der Waals surface area contributed by atoms with E-state index in [-0.39, 0.29) is 0 Å². The topological polar surface area (TPSA) is 39.1 Å². The van der Waals surface area contributed by atoms with Crippen LogP contribution in [0, 0.1) is 5.92 Å². The number of aromatic nitrogens is 2. The molecule has 2 atom stereocenters. The molecule has 1 saturated heterocycles. The molecule has 0 aromatic carbocycles. The van der Waals surface area contributed by atoms with Gasteiger partial charge in [0, 0.05) is 31.6 Å². The highest BCUT2D eigenvalue weighted by Crippen LogP contribution is 2.38. The molecule has 1 aliphatic heterocycles. The van der Waals surface area contributed by atoms with Gasteiger partial charge in [0.15, 0.2) is 0 Å². The maximum absolute atomic E-state index is 5.85. The van der Waals surface area contributed by atoms with Gasteiger partial charge in [0.05, 0.1) is 12.6 Å². The summed E-state index contributed by atoms with van der Waals surface area (Å²) in [6.45, 7) is 5.04. The van der Waals surface area contributed by atoms with E-state index in [2.05, 4.69) is 28.0 Å². The normalized spacial score (nSPS) is 27.8. The van der Waals surface area contributed by atoms with Crippen LogP contribution in [0.3, 0.4) is 0 Å². The van der Waals surface area contributed by atoms with Crippen LogP contribution in [-0.4, -0.2) is 28.3 Å². The molecule has 2 heterocycles. The van der Waals surface area contributed by atoms with Crippen molar-refractivity contribution < 1.29 is 4.74 Å². The molecule has 4 nitrogen and oxygen atoms in total. The fourth-order valence-electron chi connectivity index (χ4n) is 2.89. The lowest BCUT2D eigenvalue weighted by Crippen LogP contribution is -2.37. The molecule has 3 rings (SSSR count). The lowest BCUT2D eigenvalue weighted by atomic mass is 10.1. The van der Waals surface area contributed by atoms with E-state index in [0.29, 0.717) is 12.1 Å². The fourth-order valence-corrected chi connectivity index (χ4v) is 2.89. The Morgan fingerprint density at radius 1 is 1.44 bits per heavy atom. The van der Waals surface area contributed by atoms with Gasteiger partial charge < -0.3 is 14.6 Å². The number of rotatable bonds is 6. The SMILES string of the molecule is CCCn1ccnc1CNC1CCOC1C1CC1. The van der Waals surface area contributed by atoms with Gasteiger partial charge in [-0.2, -0.15) is 0 Å². The summed E-state index contributed by atoms with van der Waals surface area (Å²) in [4.78, 5) is 4.44. The number of nitrogens with one attached hydrogen (secondary N) is 1. The lowest BCUT2D eigenvalue weighted by Gasteiger charge is -2.19. The van der Waals surface area contributed by atoms with E-state index in [1.165, 1.54) is 12.8 Å². The Morgan fingerprint density at radius 2 is 2.33 bits per heavy atom. The molecule has 1 aromatic rings. The van der Waals surface area contributed by atoms with Crippen LogP contribution in [0.2, 0.25) is 0 Å². The smallest absolute Gasteiger partial charge is 0.122 e. The molecule has 2 aliphatic rings. The van der Waals surface area contributed by atoms with Gasteiger partial charge in [0.25, 0.3) is 0 Å². The summed E-state index contributed by atoms with van der Waals surface area (Å²) in [5.41, 5.74) is 0. The van der Waals surface area contributed by atoms with Crippen molar-refractivity contribution in [1.82, 2.24) is 14.9 Å². The van der Waals surface area contributed by atoms with E-state index in [1.807, 2.05) is 6.20 Å². The van der Waals surface area contributed by atoms with Crippen molar-refractivity contribution in [2.75, 3.05) is 6.61 Å². The largest absolute Gasteiger partial charge is 0.376 e. The zero-order valence-electron chi connectivity index (χ0n) is 11.1. The van der Waals surface area contributed by atoms with Crippen molar-refractivity contribution >= 4 is 0 Å². The van der Waals surface area contributed by atoms with E-state index in [9.17, 15) is 0 Å². The molecule has 1 aromatic heterocycles. The molecular weight excluding hydrogens is 226 g/mol. The minimum absolute atomic E-state index is 0.458. The summed E-state index contributed by atoms with van der Waals surface area (Å²) in [5, 5.41) is 3.65. The first-order chi connectivity index (χ1) is 8.88. The molecule has 18 heavy (non-hydrogen) atoms. The van der Waals surface area contributed by atoms with Gasteiger partial charge in [0.2, 0.25) is 0 Å². The highest BCUT2D eigenvalue weighted by Gasteiger charge is 2.40. The van der Waals surface area contributed by atoms with Crippen LogP contribution in [0.1, 0.15) is 38.4 Å². The summed E-state index contributed by atoms with van der Waals surface area (Å²) in [7, 11) is 0. The molecule has 0 amide bonds. The van der Waals surface area contributed by atoms with Gasteiger partial charge in [-0.25, -0.2) is 4.98 Å². The Hall–Kier alpha value is -0.870. The van der Waals surface area contributed by atoms with Crippen LogP contribution in [0.5, 0.6) is 0 Å². The van der Waals surface area contributed by atoms with Gasteiger partial charge in [0.1, 0.15) is 5.82 Å². The van der Waals surface area contributed by atoms with Gasteiger partial charge >= 0.3 is 0 Å². The first-order valence-electron chi connectivity index (χ1n) is 7.23. The fraction of sp³-hybridized carbons (Fsp3) is 0.786. The van der Waals surface area contributed by atoms with Gasteiger partial charge in [-0.3, -0.25) is 0 Å². The summed E-state index contributed by atoms with van der Waals surface area (Å²) >= 11 is 0. The van der Waals surface area contributed by atoms with Crippen LogP contribution < -0.4 is 5.32 Å². The Morgan fingerprint density at radius 3 is 3.11 bits per heavy atom. The maximum Gasteiger partial charge on any atom is 0.122 e. The first-order valence-corrected chi connectivity index (χ1v) is 7.23. The molecule has 0 radical (unpaired) electrons. The highest BCUT2D eigenvalue weighted by atomic mass is 16.5. The molecule has 1 aliphatic carbocycles. The minimum atomic E-state index is 0.458. The average Bonchev–Trinajstić information content (AvgIpc) is 2.95. The van der Waals surface area contributed by atoms with Crippen molar-refractivity contribution in [2.24, 2.45) is 5.92 Å². The number of aryl methyl sites for hydroxylation is 1. The van der Waals surface area contributed by atoms with Crippen LogP contribution in [0.15, 0.2) is 12.4 Å². The predicted molar refractivity (Wildman–Crippen MR) is 70.2 cm³/mol. The molecule has 100 valence electrons. The van der Waals surface area contributed by atoms with Crippen molar-refractivity contribution in [3.8, 4) is 0 Å². The number of imidazole rings is 1. The Labute approximate surface area is 109 Å². The molecule has 0 spiro atoms. The van der Waals surface area contributed by atoms with Crippen LogP contribution in [0.25, 0.3) is 0 Å². The van der Waals surface area contributed by atoms with Crippen molar-refractivity contribution in [2.45, 2.75) is 57.8 Å². The third kappa shape index (κ3) is 2.59. The van der Waals surface area contributed by atoms with Crippen LogP contribution in [-0.2, 0) is 17.8 Å². The quantitative estimate of drug-likeness (QED) is 0.837. The van der Waals surface area contributed by atoms with E-state index in [4.69, 9.17) is 4.74 Å². The summed E-state index contributed by atoms with van der Waals surface area (Å²) in [6.07, 6.45) is 9.44. The second-order valence-electron chi connectivity index (χ2n) is 5.49. The van der Waals surface area contributed by atoms with Crippen molar-refractivity contribution in [3.63, 3.8) is 0 Å². The van der Waals surface area contributed by atoms with Crippen molar-refractivity contribution in [3.05, 3.63) is 18.2 Å². The van der Waals surface area contributed by atoms with E-state index in [1.54, 1.807) is 0 Å². The molecular formula is C14H23N3O. The molecule has 1 N–H and O–H groups in total. The zero-order valence-corrected chi connectivity index (χ0v) is 11.1. The van der Waals surface area contributed by atoms with Crippen LogP contribution in [0.4, 0.5) is 0 Å². The summed E-state index contributed by atoms with van der Waals surface area (Å²) in [6, 6.07) is 0.532. The lowest BCUT2D eigenvalue weighted by molar-refractivity contribution is 0.0807. The molecule has 0 bridgehead atoms. The second kappa shape index (κ2) is 5.41. The van der Waals surface area contributed by atoms with Crippen molar-refractivity contribution in [1.29, 1.82) is 0 Å². The number of hydrogen-bond donors (Lipinski definition) is 1. The van der Waals surface area contributed by atoms with Crippen LogP contribution >= 0.6 is 0 Å². The van der Waals surface area contributed by atoms with E-state index in [0.717, 1.165) is 44.3 Å². The second-order valence-corrected chi connectivity index (χ2v) is 5.49. The minimum Gasteiger partial charge on any atom is -0.376 e. The van der Waals surface area contributed by atoms with E-state index >= 15 is 0 Å².